The number of nitriles is 1. The fourth-order valence-electron chi connectivity index (χ4n) is 5.37. The SMILES string of the molecule is N#Cc1cncc(-c2ccc3ncc(-c4cc(F)cc(F)c4)c(N4CCC5NCCO[C@@H]5C4)c3c2)c1N. The van der Waals surface area contributed by atoms with E-state index in [1.165, 1.54) is 18.3 Å². The van der Waals surface area contributed by atoms with Gasteiger partial charge >= 0.3 is 0 Å². The molecule has 2 aromatic heterocycles. The Hall–Kier alpha value is -4.13. The molecule has 2 fully saturated rings. The summed E-state index contributed by atoms with van der Waals surface area (Å²) in [4.78, 5) is 11.0. The van der Waals surface area contributed by atoms with Crippen molar-refractivity contribution in [1.29, 1.82) is 5.26 Å². The summed E-state index contributed by atoms with van der Waals surface area (Å²) >= 11 is 0. The third-order valence-corrected chi connectivity index (χ3v) is 7.15. The van der Waals surface area contributed by atoms with Gasteiger partial charge in [0.05, 0.1) is 35.2 Å². The summed E-state index contributed by atoms with van der Waals surface area (Å²) < 4.78 is 34.6. The van der Waals surface area contributed by atoms with E-state index in [2.05, 4.69) is 26.3 Å². The molecule has 0 aliphatic carbocycles. The first-order valence-corrected chi connectivity index (χ1v) is 12.1. The topological polar surface area (TPSA) is 100 Å². The predicted molar refractivity (Wildman–Crippen MR) is 138 cm³/mol. The highest BCUT2D eigenvalue weighted by Gasteiger charge is 2.33. The van der Waals surface area contributed by atoms with Crippen LogP contribution in [0.3, 0.4) is 0 Å². The summed E-state index contributed by atoms with van der Waals surface area (Å²) in [7, 11) is 0. The minimum Gasteiger partial charge on any atom is -0.397 e. The number of nitrogens with one attached hydrogen (secondary N) is 1. The molecule has 2 aromatic carbocycles. The van der Waals surface area contributed by atoms with Gasteiger partial charge in [-0.05, 0) is 41.8 Å². The lowest BCUT2D eigenvalue weighted by atomic mass is 9.94. The zero-order valence-electron chi connectivity index (χ0n) is 19.9. The van der Waals surface area contributed by atoms with Gasteiger partial charge < -0.3 is 20.7 Å². The lowest BCUT2D eigenvalue weighted by Gasteiger charge is -2.43. The van der Waals surface area contributed by atoms with Crippen molar-refractivity contribution >= 4 is 22.3 Å². The second-order valence-corrected chi connectivity index (χ2v) is 9.38. The number of pyridine rings is 2. The molecule has 1 unspecified atom stereocenters. The number of hydrogen-bond acceptors (Lipinski definition) is 7. The summed E-state index contributed by atoms with van der Waals surface area (Å²) in [5.74, 6) is -1.30. The molecule has 0 bridgehead atoms. The number of nitrogens with zero attached hydrogens (tertiary/aromatic N) is 4. The lowest BCUT2D eigenvalue weighted by Crippen LogP contribution is -2.57. The number of benzene rings is 2. The highest BCUT2D eigenvalue weighted by Crippen LogP contribution is 2.41. The molecular weight excluding hydrogens is 474 g/mol. The van der Waals surface area contributed by atoms with Gasteiger partial charge in [0.1, 0.15) is 17.7 Å². The van der Waals surface area contributed by atoms with Crippen LogP contribution in [0.4, 0.5) is 20.2 Å². The maximum absolute atomic E-state index is 14.3. The van der Waals surface area contributed by atoms with Crippen LogP contribution in [0.25, 0.3) is 33.2 Å². The summed E-state index contributed by atoms with van der Waals surface area (Å²) in [5, 5.41) is 13.8. The number of hydrogen-bond donors (Lipinski definition) is 2. The molecule has 4 heterocycles. The number of rotatable bonds is 3. The number of anilines is 2. The van der Waals surface area contributed by atoms with Crippen molar-refractivity contribution in [3.8, 4) is 28.3 Å². The van der Waals surface area contributed by atoms with Gasteiger partial charge in [-0.3, -0.25) is 9.97 Å². The van der Waals surface area contributed by atoms with Crippen LogP contribution < -0.4 is 16.0 Å². The van der Waals surface area contributed by atoms with Crippen molar-refractivity contribution in [3.05, 3.63) is 72.2 Å². The van der Waals surface area contributed by atoms with E-state index < -0.39 is 11.6 Å². The van der Waals surface area contributed by atoms with Gasteiger partial charge in [-0.2, -0.15) is 5.26 Å². The monoisotopic (exact) mass is 498 g/mol. The van der Waals surface area contributed by atoms with Crippen molar-refractivity contribution < 1.29 is 13.5 Å². The van der Waals surface area contributed by atoms with Crippen LogP contribution in [0.1, 0.15) is 12.0 Å². The van der Waals surface area contributed by atoms with Crippen LogP contribution in [-0.4, -0.2) is 48.4 Å². The van der Waals surface area contributed by atoms with E-state index >= 15 is 0 Å². The Kier molecular flexibility index (Phi) is 5.91. The van der Waals surface area contributed by atoms with E-state index in [4.69, 9.17) is 10.5 Å². The zero-order chi connectivity index (χ0) is 25.5. The maximum Gasteiger partial charge on any atom is 0.126 e. The number of ether oxygens (including phenoxy) is 1. The number of nitrogen functional groups attached to an aromatic ring is 1. The summed E-state index contributed by atoms with van der Waals surface area (Å²) in [6.45, 7) is 2.83. The summed E-state index contributed by atoms with van der Waals surface area (Å²) in [5.41, 5.74) is 10.9. The molecule has 9 heteroatoms. The molecule has 6 rings (SSSR count). The fourth-order valence-corrected chi connectivity index (χ4v) is 5.37. The summed E-state index contributed by atoms with van der Waals surface area (Å²) in [6, 6.07) is 11.6. The Bertz CT molecular complexity index is 1530. The van der Waals surface area contributed by atoms with Crippen LogP contribution in [0.2, 0.25) is 0 Å². The molecule has 37 heavy (non-hydrogen) atoms. The Morgan fingerprint density at radius 1 is 1.05 bits per heavy atom. The van der Waals surface area contributed by atoms with E-state index in [-0.39, 0.29) is 12.1 Å². The van der Waals surface area contributed by atoms with Gasteiger partial charge in [0, 0.05) is 66.8 Å². The number of fused-ring (bicyclic) bond motifs is 2. The van der Waals surface area contributed by atoms with Crippen molar-refractivity contribution in [1.82, 2.24) is 15.3 Å². The quantitative estimate of drug-likeness (QED) is 0.435. The third kappa shape index (κ3) is 4.24. The van der Waals surface area contributed by atoms with Crippen molar-refractivity contribution in [2.75, 3.05) is 36.9 Å². The van der Waals surface area contributed by atoms with Gasteiger partial charge in [0.25, 0.3) is 0 Å². The average Bonchev–Trinajstić information content (AvgIpc) is 2.91. The fraction of sp³-hybridized carbons (Fsp3) is 0.250. The highest BCUT2D eigenvalue weighted by molar-refractivity contribution is 6.02. The van der Waals surface area contributed by atoms with Gasteiger partial charge in [-0.15, -0.1) is 0 Å². The molecule has 2 aliphatic heterocycles. The molecule has 4 aromatic rings. The van der Waals surface area contributed by atoms with Crippen LogP contribution in [0.5, 0.6) is 0 Å². The zero-order valence-corrected chi connectivity index (χ0v) is 19.9. The Morgan fingerprint density at radius 3 is 2.70 bits per heavy atom. The minimum absolute atomic E-state index is 0.00171. The summed E-state index contributed by atoms with van der Waals surface area (Å²) in [6.07, 6.45) is 5.60. The first kappa shape index (κ1) is 23.3. The number of nitrogens with two attached hydrogens (primary N) is 1. The Labute approximate surface area is 212 Å². The van der Waals surface area contributed by atoms with Crippen molar-refractivity contribution in [2.45, 2.75) is 18.6 Å². The van der Waals surface area contributed by atoms with Crippen molar-refractivity contribution in [2.24, 2.45) is 0 Å². The predicted octanol–water partition coefficient (Wildman–Crippen LogP) is 4.26. The molecule has 0 radical (unpaired) electrons. The molecular formula is C28H24F2N6O. The molecule has 3 N–H and O–H groups in total. The second-order valence-electron chi connectivity index (χ2n) is 9.38. The van der Waals surface area contributed by atoms with Crippen molar-refractivity contribution in [3.63, 3.8) is 0 Å². The molecule has 7 nitrogen and oxygen atoms in total. The maximum atomic E-state index is 14.3. The molecule has 2 atom stereocenters. The Balaban J connectivity index is 1.56. The Morgan fingerprint density at radius 2 is 1.89 bits per heavy atom. The van der Waals surface area contributed by atoms with Gasteiger partial charge in [-0.25, -0.2) is 8.78 Å². The van der Waals surface area contributed by atoms with E-state index in [1.54, 1.807) is 12.4 Å². The largest absolute Gasteiger partial charge is 0.397 e. The van der Waals surface area contributed by atoms with Gasteiger partial charge in [-0.1, -0.05) is 6.07 Å². The smallest absolute Gasteiger partial charge is 0.126 e. The molecule has 0 saturated carbocycles. The molecule has 2 saturated heterocycles. The number of aromatic nitrogens is 2. The molecule has 2 aliphatic rings. The van der Waals surface area contributed by atoms with Crippen LogP contribution >= 0.6 is 0 Å². The van der Waals surface area contributed by atoms with Crippen LogP contribution in [0, 0.1) is 23.0 Å². The van der Waals surface area contributed by atoms with Gasteiger partial charge in [0.15, 0.2) is 0 Å². The van der Waals surface area contributed by atoms with Crippen LogP contribution in [-0.2, 0) is 4.74 Å². The third-order valence-electron chi connectivity index (χ3n) is 7.15. The van der Waals surface area contributed by atoms with E-state index in [0.717, 1.165) is 47.7 Å². The number of piperidine rings is 1. The highest BCUT2D eigenvalue weighted by atomic mass is 19.1. The lowest BCUT2D eigenvalue weighted by molar-refractivity contribution is -0.00896. The number of morpholine rings is 1. The van der Waals surface area contributed by atoms with E-state index in [0.29, 0.717) is 41.1 Å². The minimum atomic E-state index is -0.652. The van der Waals surface area contributed by atoms with E-state index in [1.807, 2.05) is 18.2 Å². The molecule has 186 valence electrons. The van der Waals surface area contributed by atoms with Gasteiger partial charge in [0.2, 0.25) is 0 Å². The molecule has 0 amide bonds. The van der Waals surface area contributed by atoms with E-state index in [9.17, 15) is 14.0 Å². The number of halogens is 2. The normalized spacial score (nSPS) is 19.4. The first-order valence-electron chi connectivity index (χ1n) is 12.1. The second kappa shape index (κ2) is 9.39. The first-order chi connectivity index (χ1) is 18.0. The molecule has 0 spiro atoms. The van der Waals surface area contributed by atoms with Crippen LogP contribution in [0.15, 0.2) is 55.0 Å². The standard InChI is InChI=1S/C28H24F2N6O/c29-19-7-17(8-20(30)10-19)23-14-35-24-2-1-16(22-13-33-12-18(11-31)27(22)32)9-21(24)28(23)36-5-3-25-26(15-36)37-6-4-34-25/h1-2,7-10,12-14,25-26,34H,3-6,15H2,(H2,32,33)/t25?,26-/m1/s1. The average molecular weight is 499 g/mol.